The number of para-hydroxylation sites is 2. The molecular formula is C38H23NO2. The molecule has 192 valence electrons. The molecule has 0 aliphatic heterocycles. The molecule has 0 saturated carbocycles. The summed E-state index contributed by atoms with van der Waals surface area (Å²) in [6, 6.07) is 48.8. The van der Waals surface area contributed by atoms with Gasteiger partial charge >= 0.3 is 0 Å². The van der Waals surface area contributed by atoms with E-state index >= 15 is 0 Å². The van der Waals surface area contributed by atoms with E-state index in [1.807, 2.05) is 18.2 Å². The number of anilines is 3. The molecule has 0 bridgehead atoms. The first-order valence-corrected chi connectivity index (χ1v) is 13.9. The molecule has 0 fully saturated rings. The molecule has 3 nitrogen and oxygen atoms in total. The third-order valence-corrected chi connectivity index (χ3v) is 8.24. The van der Waals surface area contributed by atoms with E-state index in [9.17, 15) is 0 Å². The molecule has 41 heavy (non-hydrogen) atoms. The maximum absolute atomic E-state index is 6.85. The van der Waals surface area contributed by atoms with E-state index < -0.39 is 0 Å². The molecule has 3 heteroatoms. The van der Waals surface area contributed by atoms with E-state index in [-0.39, 0.29) is 0 Å². The summed E-state index contributed by atoms with van der Waals surface area (Å²) in [6.07, 6.45) is 0. The van der Waals surface area contributed by atoms with Crippen LogP contribution in [0.4, 0.5) is 17.1 Å². The highest BCUT2D eigenvalue weighted by Crippen LogP contribution is 2.48. The molecule has 0 amide bonds. The molecule has 0 radical (unpaired) electrons. The van der Waals surface area contributed by atoms with Gasteiger partial charge in [0, 0.05) is 26.9 Å². The fourth-order valence-corrected chi connectivity index (χ4v) is 6.42. The van der Waals surface area contributed by atoms with Crippen LogP contribution in [0.5, 0.6) is 0 Å². The Morgan fingerprint density at radius 2 is 0.927 bits per heavy atom. The summed E-state index contributed by atoms with van der Waals surface area (Å²) in [6.45, 7) is 0. The van der Waals surface area contributed by atoms with E-state index in [1.165, 1.54) is 16.2 Å². The average molecular weight is 526 g/mol. The molecule has 0 spiro atoms. The molecule has 0 unspecified atom stereocenters. The van der Waals surface area contributed by atoms with E-state index in [0.29, 0.717) is 0 Å². The first kappa shape index (κ1) is 22.3. The molecular weight excluding hydrogens is 502 g/mol. The van der Waals surface area contributed by atoms with Gasteiger partial charge in [0.25, 0.3) is 0 Å². The first-order valence-electron chi connectivity index (χ1n) is 13.9. The van der Waals surface area contributed by atoms with Crippen LogP contribution < -0.4 is 4.90 Å². The Labute approximate surface area is 235 Å². The van der Waals surface area contributed by atoms with Gasteiger partial charge in [0.05, 0.1) is 22.4 Å². The van der Waals surface area contributed by atoms with Crippen LogP contribution in [0.2, 0.25) is 0 Å². The summed E-state index contributed by atoms with van der Waals surface area (Å²) in [5, 5.41) is 9.01. The maximum atomic E-state index is 6.85. The number of furan rings is 2. The lowest BCUT2D eigenvalue weighted by Crippen LogP contribution is -2.11. The zero-order valence-electron chi connectivity index (χ0n) is 22.0. The Morgan fingerprint density at radius 1 is 0.341 bits per heavy atom. The van der Waals surface area contributed by atoms with Crippen LogP contribution >= 0.6 is 0 Å². The van der Waals surface area contributed by atoms with Crippen molar-refractivity contribution in [3.05, 3.63) is 140 Å². The zero-order chi connectivity index (χ0) is 26.9. The van der Waals surface area contributed by atoms with Crippen molar-refractivity contribution >= 4 is 82.5 Å². The number of hydrogen-bond donors (Lipinski definition) is 0. The smallest absolute Gasteiger partial charge is 0.159 e. The number of nitrogens with zero attached hydrogens (tertiary/aromatic N) is 1. The number of benzene rings is 7. The van der Waals surface area contributed by atoms with Gasteiger partial charge in [-0.05, 0) is 47.2 Å². The lowest BCUT2D eigenvalue weighted by molar-refractivity contribution is 0.668. The fourth-order valence-electron chi connectivity index (χ4n) is 6.42. The van der Waals surface area contributed by atoms with Gasteiger partial charge in [-0.3, -0.25) is 0 Å². The van der Waals surface area contributed by atoms with Crippen LogP contribution in [0.25, 0.3) is 65.4 Å². The minimum Gasteiger partial charge on any atom is -0.456 e. The van der Waals surface area contributed by atoms with Crippen LogP contribution in [0.3, 0.4) is 0 Å². The third kappa shape index (κ3) is 3.20. The average Bonchev–Trinajstić information content (AvgIpc) is 3.61. The maximum Gasteiger partial charge on any atom is 0.159 e. The third-order valence-electron chi connectivity index (χ3n) is 8.24. The van der Waals surface area contributed by atoms with Crippen LogP contribution in [-0.2, 0) is 0 Å². The Balaban J connectivity index is 1.44. The highest BCUT2D eigenvalue weighted by atomic mass is 16.3. The van der Waals surface area contributed by atoms with Crippen molar-refractivity contribution in [3.63, 3.8) is 0 Å². The predicted molar refractivity (Wildman–Crippen MR) is 171 cm³/mol. The minimum absolute atomic E-state index is 0.858. The van der Waals surface area contributed by atoms with Gasteiger partial charge in [0.1, 0.15) is 16.7 Å². The minimum atomic E-state index is 0.858. The molecule has 0 aliphatic carbocycles. The normalized spacial score (nSPS) is 11.9. The standard InChI is InChI=1S/C38H23NO2/c1-3-13-26-24(10-1)12-7-17-31(26)39(32-18-9-21-35-36(32)30-15-5-6-20-34(30)40-35)33-19-8-16-28-29-23-22-25-11-2-4-14-27(25)37(29)41-38(28)33/h1-23H. The Hall–Kier alpha value is -5.54. The molecule has 0 N–H and O–H groups in total. The van der Waals surface area contributed by atoms with E-state index in [0.717, 1.165) is 66.3 Å². The molecule has 9 aromatic rings. The largest absolute Gasteiger partial charge is 0.456 e. The molecule has 9 rings (SSSR count). The summed E-state index contributed by atoms with van der Waals surface area (Å²) < 4.78 is 13.2. The SMILES string of the molecule is c1ccc2c(N(c3cccc4c3oc3c5ccccc5ccc43)c3cccc4oc5ccccc5c34)cccc2c1. The number of fused-ring (bicyclic) bond motifs is 9. The van der Waals surface area contributed by atoms with Crippen molar-refractivity contribution in [1.82, 2.24) is 0 Å². The van der Waals surface area contributed by atoms with Crippen LogP contribution in [-0.4, -0.2) is 0 Å². The van der Waals surface area contributed by atoms with Crippen molar-refractivity contribution < 1.29 is 8.83 Å². The Kier molecular flexibility index (Phi) is 4.61. The van der Waals surface area contributed by atoms with Crippen LogP contribution in [0.15, 0.2) is 148 Å². The predicted octanol–water partition coefficient (Wildman–Crippen LogP) is 11.3. The van der Waals surface area contributed by atoms with Crippen LogP contribution in [0, 0.1) is 0 Å². The molecule has 0 atom stereocenters. The summed E-state index contributed by atoms with van der Waals surface area (Å²) in [4.78, 5) is 2.35. The second-order valence-electron chi connectivity index (χ2n) is 10.5. The summed E-state index contributed by atoms with van der Waals surface area (Å²) >= 11 is 0. The second kappa shape index (κ2) is 8.48. The van der Waals surface area contributed by atoms with Gasteiger partial charge in [-0.25, -0.2) is 0 Å². The van der Waals surface area contributed by atoms with Crippen molar-refractivity contribution in [3.8, 4) is 0 Å². The lowest BCUT2D eigenvalue weighted by Gasteiger charge is -2.27. The van der Waals surface area contributed by atoms with Gasteiger partial charge < -0.3 is 13.7 Å². The molecule has 2 aromatic heterocycles. The van der Waals surface area contributed by atoms with Gasteiger partial charge in [-0.1, -0.05) is 103 Å². The molecule has 0 saturated heterocycles. The molecule has 0 aliphatic rings. The summed E-state index contributed by atoms with van der Waals surface area (Å²) in [5.41, 5.74) is 6.61. The van der Waals surface area contributed by atoms with Gasteiger partial charge in [0.15, 0.2) is 5.58 Å². The lowest BCUT2D eigenvalue weighted by atomic mass is 10.0. The van der Waals surface area contributed by atoms with Gasteiger partial charge in [-0.15, -0.1) is 0 Å². The van der Waals surface area contributed by atoms with Crippen molar-refractivity contribution in [2.24, 2.45) is 0 Å². The number of hydrogen-bond acceptors (Lipinski definition) is 3. The van der Waals surface area contributed by atoms with Crippen molar-refractivity contribution in [1.29, 1.82) is 0 Å². The summed E-state index contributed by atoms with van der Waals surface area (Å²) in [5.74, 6) is 0. The van der Waals surface area contributed by atoms with E-state index in [1.54, 1.807) is 0 Å². The fraction of sp³-hybridized carbons (Fsp3) is 0. The highest BCUT2D eigenvalue weighted by Gasteiger charge is 2.24. The first-order chi connectivity index (χ1) is 20.3. The Bertz CT molecular complexity index is 2440. The molecule has 2 heterocycles. The summed E-state index contributed by atoms with van der Waals surface area (Å²) in [7, 11) is 0. The zero-order valence-corrected chi connectivity index (χ0v) is 22.0. The topological polar surface area (TPSA) is 29.5 Å². The molecule has 7 aromatic carbocycles. The quantitative estimate of drug-likeness (QED) is 0.230. The number of rotatable bonds is 3. The monoisotopic (exact) mass is 525 g/mol. The van der Waals surface area contributed by atoms with Gasteiger partial charge in [0.2, 0.25) is 0 Å². The second-order valence-corrected chi connectivity index (χ2v) is 10.5. The van der Waals surface area contributed by atoms with E-state index in [2.05, 4.69) is 126 Å². The highest BCUT2D eigenvalue weighted by molar-refractivity contribution is 6.20. The van der Waals surface area contributed by atoms with Crippen LogP contribution in [0.1, 0.15) is 0 Å². The Morgan fingerprint density at radius 3 is 1.83 bits per heavy atom. The van der Waals surface area contributed by atoms with Crippen molar-refractivity contribution in [2.45, 2.75) is 0 Å². The van der Waals surface area contributed by atoms with Crippen molar-refractivity contribution in [2.75, 3.05) is 4.90 Å². The van der Waals surface area contributed by atoms with E-state index in [4.69, 9.17) is 8.83 Å². The van der Waals surface area contributed by atoms with Gasteiger partial charge in [-0.2, -0.15) is 0 Å².